The summed E-state index contributed by atoms with van der Waals surface area (Å²) in [5, 5.41) is 20.2. The lowest BCUT2D eigenvalue weighted by Crippen LogP contribution is -2.31. The summed E-state index contributed by atoms with van der Waals surface area (Å²) >= 11 is 0. The minimum atomic E-state index is -0.566. The topological polar surface area (TPSA) is 99.5 Å². The van der Waals surface area contributed by atoms with Crippen molar-refractivity contribution in [3.05, 3.63) is 51.8 Å². The number of phenols is 1. The van der Waals surface area contributed by atoms with E-state index in [1.807, 2.05) is 6.92 Å². The molecule has 110 valence electrons. The number of nitro groups is 1. The van der Waals surface area contributed by atoms with Crippen molar-refractivity contribution in [2.24, 2.45) is 0 Å². The number of aryl methyl sites for hydroxylation is 1. The van der Waals surface area contributed by atoms with E-state index in [1.165, 1.54) is 29.3 Å². The second-order valence-corrected chi connectivity index (χ2v) is 4.55. The number of phenolic OH excluding ortho intramolecular Hbond substituents is 1. The van der Waals surface area contributed by atoms with E-state index in [1.54, 1.807) is 13.0 Å². The van der Waals surface area contributed by atoms with Crippen LogP contribution in [0.5, 0.6) is 5.75 Å². The first-order valence-electron chi connectivity index (χ1n) is 6.38. The molecule has 1 heterocycles. The summed E-state index contributed by atoms with van der Waals surface area (Å²) in [4.78, 5) is 26.6. The molecule has 0 radical (unpaired) electrons. The van der Waals surface area contributed by atoms with Crippen LogP contribution in [0.2, 0.25) is 0 Å². The maximum absolute atomic E-state index is 12.5. The zero-order valence-corrected chi connectivity index (χ0v) is 11.7. The van der Waals surface area contributed by atoms with Gasteiger partial charge in [0.15, 0.2) is 0 Å². The van der Waals surface area contributed by atoms with Crippen LogP contribution < -0.4 is 4.90 Å². The van der Waals surface area contributed by atoms with Crippen molar-refractivity contribution >= 4 is 17.3 Å². The van der Waals surface area contributed by atoms with Gasteiger partial charge in [-0.2, -0.15) is 0 Å². The molecule has 0 aliphatic heterocycles. The number of nitrogens with zero attached hydrogens (tertiary/aromatic N) is 2. The van der Waals surface area contributed by atoms with Gasteiger partial charge in [0.1, 0.15) is 11.4 Å². The quantitative estimate of drug-likeness (QED) is 0.667. The Labute approximate surface area is 121 Å². The monoisotopic (exact) mass is 289 g/mol. The fourth-order valence-corrected chi connectivity index (χ4v) is 2.07. The first-order valence-corrected chi connectivity index (χ1v) is 6.38. The number of anilines is 1. The van der Waals surface area contributed by atoms with Crippen LogP contribution in [0.15, 0.2) is 30.5 Å². The Morgan fingerprint density at radius 2 is 2.14 bits per heavy atom. The number of amides is 1. The molecule has 2 rings (SSSR count). The average molecular weight is 289 g/mol. The second kappa shape index (κ2) is 5.66. The molecule has 1 aromatic heterocycles. The van der Waals surface area contributed by atoms with Crippen LogP contribution in [0.3, 0.4) is 0 Å². The lowest BCUT2D eigenvalue weighted by Gasteiger charge is -2.22. The summed E-state index contributed by atoms with van der Waals surface area (Å²) in [6.07, 6.45) is 1.18. The third kappa shape index (κ3) is 2.86. The van der Waals surface area contributed by atoms with Crippen LogP contribution in [0.1, 0.15) is 23.0 Å². The number of benzene rings is 1. The van der Waals surface area contributed by atoms with Crippen LogP contribution in [-0.2, 0) is 0 Å². The molecule has 0 aliphatic carbocycles. The zero-order valence-electron chi connectivity index (χ0n) is 11.7. The smallest absolute Gasteiger partial charge is 0.287 e. The molecule has 7 nitrogen and oxygen atoms in total. The SMILES string of the molecule is CCN(C(=O)c1cc([N+](=O)[O-])c[nH]1)c1cc(O)ccc1C. The van der Waals surface area contributed by atoms with Gasteiger partial charge >= 0.3 is 0 Å². The van der Waals surface area contributed by atoms with Crippen LogP contribution >= 0.6 is 0 Å². The van der Waals surface area contributed by atoms with E-state index in [2.05, 4.69) is 4.98 Å². The van der Waals surface area contributed by atoms with Crippen molar-refractivity contribution in [3.8, 4) is 5.75 Å². The Morgan fingerprint density at radius 3 is 2.71 bits per heavy atom. The van der Waals surface area contributed by atoms with E-state index in [4.69, 9.17) is 0 Å². The number of aromatic hydroxyl groups is 1. The molecule has 1 aromatic carbocycles. The third-order valence-corrected chi connectivity index (χ3v) is 3.15. The van der Waals surface area contributed by atoms with Crippen LogP contribution in [0.25, 0.3) is 0 Å². The summed E-state index contributed by atoms with van der Waals surface area (Å²) in [7, 11) is 0. The van der Waals surface area contributed by atoms with E-state index in [0.717, 1.165) is 5.56 Å². The molecule has 0 bridgehead atoms. The van der Waals surface area contributed by atoms with Gasteiger partial charge in [0.05, 0.1) is 16.8 Å². The predicted molar refractivity (Wildman–Crippen MR) is 77.6 cm³/mol. The van der Waals surface area contributed by atoms with Crippen molar-refractivity contribution in [1.29, 1.82) is 0 Å². The van der Waals surface area contributed by atoms with Gasteiger partial charge < -0.3 is 15.0 Å². The molecular formula is C14H15N3O4. The fraction of sp³-hybridized carbons (Fsp3) is 0.214. The second-order valence-electron chi connectivity index (χ2n) is 4.55. The number of hydrogen-bond donors (Lipinski definition) is 2. The van der Waals surface area contributed by atoms with Gasteiger partial charge in [0, 0.05) is 18.7 Å². The van der Waals surface area contributed by atoms with Crippen LogP contribution in [0.4, 0.5) is 11.4 Å². The van der Waals surface area contributed by atoms with Gasteiger partial charge in [-0.05, 0) is 25.5 Å². The van der Waals surface area contributed by atoms with E-state index < -0.39 is 4.92 Å². The number of carbonyl (C=O) groups excluding carboxylic acids is 1. The predicted octanol–water partition coefficient (Wildman–Crippen LogP) is 2.60. The Hall–Kier alpha value is -2.83. The zero-order chi connectivity index (χ0) is 15.6. The lowest BCUT2D eigenvalue weighted by molar-refractivity contribution is -0.384. The largest absolute Gasteiger partial charge is 0.508 e. The Morgan fingerprint density at radius 1 is 1.43 bits per heavy atom. The highest BCUT2D eigenvalue weighted by Gasteiger charge is 2.21. The summed E-state index contributed by atoms with van der Waals surface area (Å²) in [6.45, 7) is 3.98. The van der Waals surface area contributed by atoms with Crippen molar-refractivity contribution in [1.82, 2.24) is 4.98 Å². The molecule has 0 saturated heterocycles. The van der Waals surface area contributed by atoms with Gasteiger partial charge in [-0.1, -0.05) is 6.07 Å². The van der Waals surface area contributed by atoms with E-state index in [9.17, 15) is 20.0 Å². The van der Waals surface area contributed by atoms with E-state index in [-0.39, 0.29) is 23.0 Å². The summed E-state index contributed by atoms with van der Waals surface area (Å²) in [6, 6.07) is 5.94. The molecule has 1 amide bonds. The maximum Gasteiger partial charge on any atom is 0.287 e. The van der Waals surface area contributed by atoms with Crippen molar-refractivity contribution in [3.63, 3.8) is 0 Å². The molecule has 21 heavy (non-hydrogen) atoms. The first kappa shape index (κ1) is 14.6. The molecule has 2 aromatic rings. The Kier molecular flexibility index (Phi) is 3.93. The van der Waals surface area contributed by atoms with E-state index >= 15 is 0 Å². The molecule has 0 spiro atoms. The number of rotatable bonds is 4. The minimum absolute atomic E-state index is 0.0549. The fourth-order valence-electron chi connectivity index (χ4n) is 2.07. The molecule has 0 saturated carbocycles. The normalized spacial score (nSPS) is 10.4. The van der Waals surface area contributed by atoms with Crippen molar-refractivity contribution in [2.75, 3.05) is 11.4 Å². The molecule has 7 heteroatoms. The van der Waals surface area contributed by atoms with Crippen LogP contribution in [0, 0.1) is 17.0 Å². The summed E-state index contributed by atoms with van der Waals surface area (Å²) in [5.41, 5.74) is 1.36. The number of aromatic nitrogens is 1. The molecule has 0 atom stereocenters. The Bertz CT molecular complexity index is 693. The van der Waals surface area contributed by atoms with Gasteiger partial charge in [-0.25, -0.2) is 0 Å². The van der Waals surface area contributed by atoms with Gasteiger partial charge in [-0.3, -0.25) is 14.9 Å². The maximum atomic E-state index is 12.5. The molecule has 0 aliphatic rings. The van der Waals surface area contributed by atoms with Gasteiger partial charge in [0.2, 0.25) is 0 Å². The first-order chi connectivity index (χ1) is 9.93. The average Bonchev–Trinajstić information content (AvgIpc) is 2.93. The van der Waals surface area contributed by atoms with Crippen LogP contribution in [-0.4, -0.2) is 27.5 Å². The lowest BCUT2D eigenvalue weighted by atomic mass is 10.1. The Balaban J connectivity index is 2.38. The number of hydrogen-bond acceptors (Lipinski definition) is 4. The van der Waals surface area contributed by atoms with Crippen molar-refractivity contribution < 1.29 is 14.8 Å². The number of aromatic amines is 1. The molecule has 2 N–H and O–H groups in total. The number of carbonyl (C=O) groups is 1. The number of H-pyrrole nitrogens is 1. The number of nitrogens with one attached hydrogen (secondary N) is 1. The molecule has 0 fully saturated rings. The highest BCUT2D eigenvalue weighted by Crippen LogP contribution is 2.26. The molecular weight excluding hydrogens is 274 g/mol. The summed E-state index contributed by atoms with van der Waals surface area (Å²) in [5.74, 6) is -0.335. The van der Waals surface area contributed by atoms with Gasteiger partial charge in [0.25, 0.3) is 11.6 Å². The standard InChI is InChI=1S/C14H15N3O4/c1-3-16(13-7-11(18)5-4-9(13)2)14(19)12-6-10(8-15-12)17(20)21/h4-8,15,18H,3H2,1-2H3. The highest BCUT2D eigenvalue weighted by molar-refractivity contribution is 6.05. The van der Waals surface area contributed by atoms with Crippen molar-refractivity contribution in [2.45, 2.75) is 13.8 Å². The van der Waals surface area contributed by atoms with Gasteiger partial charge in [-0.15, -0.1) is 0 Å². The third-order valence-electron chi connectivity index (χ3n) is 3.15. The minimum Gasteiger partial charge on any atom is -0.508 e. The van der Waals surface area contributed by atoms with E-state index in [0.29, 0.717) is 12.2 Å². The highest BCUT2D eigenvalue weighted by atomic mass is 16.6. The molecule has 0 unspecified atom stereocenters. The summed E-state index contributed by atoms with van der Waals surface area (Å²) < 4.78 is 0.